The predicted molar refractivity (Wildman–Crippen MR) is 122 cm³/mol. The highest BCUT2D eigenvalue weighted by molar-refractivity contribution is 7.98. The van der Waals surface area contributed by atoms with Crippen LogP contribution in [0.2, 0.25) is 0 Å². The Morgan fingerprint density at radius 2 is 1.47 bits per heavy atom. The fourth-order valence-electron chi connectivity index (χ4n) is 4.50. The molecule has 0 amide bonds. The van der Waals surface area contributed by atoms with Crippen LogP contribution < -0.4 is 9.47 Å². The normalized spacial score (nSPS) is 19.2. The fraction of sp³-hybridized carbons (Fsp3) is 0.480. The van der Waals surface area contributed by atoms with E-state index in [9.17, 15) is 4.79 Å². The molecule has 0 aromatic heterocycles. The zero-order valence-corrected chi connectivity index (χ0v) is 18.5. The molecule has 1 atom stereocenters. The molecule has 2 aromatic rings. The quantitative estimate of drug-likeness (QED) is 0.446. The van der Waals surface area contributed by atoms with Crippen LogP contribution in [0.3, 0.4) is 0 Å². The summed E-state index contributed by atoms with van der Waals surface area (Å²) in [5.74, 6) is 5.20. The van der Waals surface area contributed by atoms with E-state index < -0.39 is 0 Å². The van der Waals surface area contributed by atoms with Gasteiger partial charge in [-0.2, -0.15) is 0 Å². The summed E-state index contributed by atoms with van der Waals surface area (Å²) in [6.45, 7) is 1.60. The standard InChI is InChI=1S/C25H31O4S/c1-27-21-11-13-23(14-12-21)29-22-9-7-19(8-10-22)24(26)25(20-5-3-2-4-6-20)30-17-15-28-16-18-30/h7-14,20,25H,2-6,15-18H2,1H3/q+1. The lowest BCUT2D eigenvalue weighted by atomic mass is 9.84. The maximum absolute atomic E-state index is 13.6. The summed E-state index contributed by atoms with van der Waals surface area (Å²) in [6.07, 6.45) is 6.22. The van der Waals surface area contributed by atoms with Gasteiger partial charge in [0.15, 0.2) is 5.25 Å². The third-order valence-electron chi connectivity index (χ3n) is 6.11. The number of rotatable bonds is 7. The number of ether oxygens (including phenoxy) is 3. The number of carbonyl (C=O) groups excluding carboxylic acids is 1. The number of benzene rings is 2. The van der Waals surface area contributed by atoms with Crippen molar-refractivity contribution in [3.63, 3.8) is 0 Å². The first-order chi connectivity index (χ1) is 14.7. The van der Waals surface area contributed by atoms with Gasteiger partial charge >= 0.3 is 0 Å². The van der Waals surface area contributed by atoms with E-state index in [1.807, 2.05) is 48.5 Å². The molecule has 0 radical (unpaired) electrons. The number of carbonyl (C=O) groups is 1. The summed E-state index contributed by atoms with van der Waals surface area (Å²) >= 11 is 0. The summed E-state index contributed by atoms with van der Waals surface area (Å²) in [6, 6.07) is 15.2. The van der Waals surface area contributed by atoms with Crippen LogP contribution in [0.5, 0.6) is 17.2 Å². The minimum atomic E-state index is 0.132. The van der Waals surface area contributed by atoms with E-state index in [1.54, 1.807) is 7.11 Å². The molecule has 2 fully saturated rings. The molecule has 4 rings (SSSR count). The summed E-state index contributed by atoms with van der Waals surface area (Å²) in [5, 5.41) is 0.155. The Kier molecular flexibility index (Phi) is 7.34. The van der Waals surface area contributed by atoms with Crippen LogP contribution in [-0.2, 0) is 15.6 Å². The van der Waals surface area contributed by atoms with Crippen molar-refractivity contribution in [3.05, 3.63) is 54.1 Å². The Balaban J connectivity index is 1.47. The smallest absolute Gasteiger partial charge is 0.215 e. The monoisotopic (exact) mass is 427 g/mol. The van der Waals surface area contributed by atoms with Crippen molar-refractivity contribution < 1.29 is 19.0 Å². The van der Waals surface area contributed by atoms with Crippen LogP contribution in [0.15, 0.2) is 48.5 Å². The number of Topliss-reactive ketones (excluding diaryl/α,β-unsaturated/α-hetero) is 1. The summed E-state index contributed by atoms with van der Waals surface area (Å²) < 4.78 is 16.7. The van der Waals surface area contributed by atoms with Gasteiger partial charge in [-0.05, 0) is 61.4 Å². The molecule has 0 N–H and O–H groups in total. The average Bonchev–Trinajstić information content (AvgIpc) is 2.81. The Bertz CT molecular complexity index is 788. The Morgan fingerprint density at radius 3 is 2.07 bits per heavy atom. The molecular weight excluding hydrogens is 396 g/mol. The van der Waals surface area contributed by atoms with Crippen LogP contribution in [0.25, 0.3) is 0 Å². The first-order valence-electron chi connectivity index (χ1n) is 10.9. The van der Waals surface area contributed by atoms with E-state index >= 15 is 0 Å². The highest BCUT2D eigenvalue weighted by atomic mass is 32.2. The highest BCUT2D eigenvalue weighted by Gasteiger charge is 2.44. The SMILES string of the molecule is COc1ccc(Oc2ccc(C(=O)C(C3CCCCC3)[S+]3CCOCC3)cc2)cc1. The van der Waals surface area contributed by atoms with Crippen molar-refractivity contribution in [2.75, 3.05) is 31.8 Å². The molecule has 0 bridgehead atoms. The van der Waals surface area contributed by atoms with E-state index in [0.717, 1.165) is 47.5 Å². The Labute approximate surface area is 182 Å². The minimum absolute atomic E-state index is 0.132. The molecule has 1 aliphatic heterocycles. The van der Waals surface area contributed by atoms with Gasteiger partial charge in [-0.15, -0.1) is 0 Å². The molecule has 0 spiro atoms. The number of methoxy groups -OCH3 is 1. The lowest BCUT2D eigenvalue weighted by Crippen LogP contribution is -2.45. The lowest BCUT2D eigenvalue weighted by molar-refractivity contribution is 0.0955. The predicted octanol–water partition coefficient (Wildman–Crippen LogP) is 5.27. The van der Waals surface area contributed by atoms with Crippen molar-refractivity contribution in [2.24, 2.45) is 5.92 Å². The molecule has 1 saturated carbocycles. The van der Waals surface area contributed by atoms with Gasteiger partial charge in [0, 0.05) is 22.4 Å². The molecule has 1 saturated heterocycles. The van der Waals surface area contributed by atoms with Gasteiger partial charge in [0.1, 0.15) is 28.8 Å². The van der Waals surface area contributed by atoms with Crippen LogP contribution in [0.4, 0.5) is 0 Å². The van der Waals surface area contributed by atoms with Gasteiger partial charge in [-0.3, -0.25) is 4.79 Å². The molecule has 5 heteroatoms. The molecule has 4 nitrogen and oxygen atoms in total. The molecule has 1 unspecified atom stereocenters. The zero-order chi connectivity index (χ0) is 20.8. The molecule has 1 aliphatic carbocycles. The number of hydrogen-bond acceptors (Lipinski definition) is 4. The van der Waals surface area contributed by atoms with Crippen molar-refractivity contribution >= 4 is 16.7 Å². The minimum Gasteiger partial charge on any atom is -0.497 e. The molecule has 2 aliphatic rings. The number of hydrogen-bond donors (Lipinski definition) is 0. The highest BCUT2D eigenvalue weighted by Crippen LogP contribution is 2.34. The molecule has 2 aromatic carbocycles. The molecule has 160 valence electrons. The fourth-order valence-corrected chi connectivity index (χ4v) is 7.13. The van der Waals surface area contributed by atoms with E-state index in [-0.39, 0.29) is 16.1 Å². The van der Waals surface area contributed by atoms with E-state index in [0.29, 0.717) is 11.7 Å². The first kappa shape index (κ1) is 21.3. The van der Waals surface area contributed by atoms with Gasteiger partial charge in [0.25, 0.3) is 0 Å². The zero-order valence-electron chi connectivity index (χ0n) is 17.7. The lowest BCUT2D eigenvalue weighted by Gasteiger charge is -2.30. The van der Waals surface area contributed by atoms with E-state index in [1.165, 1.54) is 32.1 Å². The Morgan fingerprint density at radius 1 is 0.900 bits per heavy atom. The van der Waals surface area contributed by atoms with Gasteiger partial charge in [0.2, 0.25) is 5.78 Å². The van der Waals surface area contributed by atoms with Gasteiger partial charge in [-0.25, -0.2) is 0 Å². The maximum atomic E-state index is 13.6. The van der Waals surface area contributed by atoms with Crippen LogP contribution in [0, 0.1) is 5.92 Å². The van der Waals surface area contributed by atoms with Gasteiger partial charge in [-0.1, -0.05) is 19.3 Å². The molecule has 1 heterocycles. The van der Waals surface area contributed by atoms with Crippen molar-refractivity contribution in [3.8, 4) is 17.2 Å². The van der Waals surface area contributed by atoms with Crippen LogP contribution in [0.1, 0.15) is 42.5 Å². The summed E-state index contributed by atoms with van der Waals surface area (Å²) in [7, 11) is 1.78. The van der Waals surface area contributed by atoms with E-state index in [4.69, 9.17) is 14.2 Å². The third-order valence-corrected chi connectivity index (χ3v) is 8.81. The topological polar surface area (TPSA) is 44.8 Å². The summed E-state index contributed by atoms with van der Waals surface area (Å²) in [4.78, 5) is 13.6. The Hall–Kier alpha value is -1.98. The van der Waals surface area contributed by atoms with Gasteiger partial charge < -0.3 is 14.2 Å². The second-order valence-electron chi connectivity index (χ2n) is 8.04. The summed E-state index contributed by atoms with van der Waals surface area (Å²) in [5.41, 5.74) is 0.812. The first-order valence-corrected chi connectivity index (χ1v) is 12.6. The number of ketones is 1. The van der Waals surface area contributed by atoms with Crippen LogP contribution >= 0.6 is 0 Å². The second kappa shape index (κ2) is 10.4. The van der Waals surface area contributed by atoms with Crippen LogP contribution in [-0.4, -0.2) is 42.9 Å². The third kappa shape index (κ3) is 5.19. The second-order valence-corrected chi connectivity index (χ2v) is 10.4. The van der Waals surface area contributed by atoms with E-state index in [2.05, 4.69) is 0 Å². The van der Waals surface area contributed by atoms with Crippen molar-refractivity contribution in [1.29, 1.82) is 0 Å². The molecule has 30 heavy (non-hydrogen) atoms. The largest absolute Gasteiger partial charge is 0.497 e. The van der Waals surface area contributed by atoms with Crippen molar-refractivity contribution in [1.82, 2.24) is 0 Å². The maximum Gasteiger partial charge on any atom is 0.215 e. The average molecular weight is 428 g/mol. The van der Waals surface area contributed by atoms with Crippen molar-refractivity contribution in [2.45, 2.75) is 37.4 Å². The van der Waals surface area contributed by atoms with Gasteiger partial charge in [0.05, 0.1) is 20.3 Å². The molecular formula is C25H31O4S+.